The van der Waals surface area contributed by atoms with Gasteiger partial charge in [-0.25, -0.2) is 0 Å². The maximum absolute atomic E-state index is 5.24. The first-order valence-electron chi connectivity index (χ1n) is 3.26. The summed E-state index contributed by atoms with van der Waals surface area (Å²) in [4.78, 5) is 0.547. The summed E-state index contributed by atoms with van der Waals surface area (Å²) in [5.74, 6) is 0. The fourth-order valence-electron chi connectivity index (χ4n) is 0.513. The van der Waals surface area contributed by atoms with E-state index in [2.05, 4.69) is 24.5 Å². The van der Waals surface area contributed by atoms with E-state index < -0.39 is 0 Å². The van der Waals surface area contributed by atoms with Crippen molar-refractivity contribution in [2.75, 3.05) is 13.1 Å². The summed E-state index contributed by atoms with van der Waals surface area (Å²) in [5.41, 5.74) is 5.24. The fraction of sp³-hybridized carbons (Fsp3) is 0.833. The van der Waals surface area contributed by atoms with Crippen LogP contribution < -0.4 is 11.1 Å². The van der Waals surface area contributed by atoms with E-state index in [4.69, 9.17) is 5.73 Å². The average Bonchev–Trinajstić information content (AvgIpc) is 1.80. The normalized spacial score (nSPS) is 9.44. The molecule has 0 rings (SSSR count). The maximum Gasteiger partial charge on any atom is 0.0867 e. The number of rotatable bonds is 5. The Morgan fingerprint density at radius 1 is 1.67 bits per heavy atom. The molecule has 2 nitrogen and oxygen atoms in total. The number of nitrogens with one attached hydrogen (secondary N) is 1. The lowest BCUT2D eigenvalue weighted by molar-refractivity contribution is 0.691. The number of thiocarbonyl (C=S) groups is 1. The number of hydrogen-bond acceptors (Lipinski definition) is 2. The van der Waals surface area contributed by atoms with Gasteiger partial charge in [0.1, 0.15) is 0 Å². The van der Waals surface area contributed by atoms with Crippen LogP contribution in [0.4, 0.5) is 0 Å². The highest BCUT2D eigenvalue weighted by Crippen LogP contribution is 1.80. The first-order chi connectivity index (χ1) is 4.27. The monoisotopic (exact) mass is 146 g/mol. The van der Waals surface area contributed by atoms with Crippen molar-refractivity contribution in [2.45, 2.75) is 19.8 Å². The molecule has 0 aliphatic heterocycles. The Bertz CT molecular complexity index is 83.1. The molecular formula is C6H14N2S. The third-order valence-electron chi connectivity index (χ3n) is 1.01. The smallest absolute Gasteiger partial charge is 0.0867 e. The van der Waals surface area contributed by atoms with Gasteiger partial charge in [-0.15, -0.1) is 0 Å². The van der Waals surface area contributed by atoms with Crippen LogP contribution >= 0.6 is 12.2 Å². The lowest BCUT2D eigenvalue weighted by atomic mass is 10.3. The van der Waals surface area contributed by atoms with Gasteiger partial charge in [0.25, 0.3) is 0 Å². The molecule has 0 unspecified atom stereocenters. The predicted octanol–water partition coefficient (Wildman–Crippen LogP) is 0.662. The Morgan fingerprint density at radius 3 is 2.78 bits per heavy atom. The van der Waals surface area contributed by atoms with Crippen LogP contribution in [0.1, 0.15) is 19.8 Å². The second-order valence-electron chi connectivity index (χ2n) is 2.00. The largest absolute Gasteiger partial charge is 0.392 e. The molecule has 0 fully saturated rings. The van der Waals surface area contributed by atoms with Gasteiger partial charge in [-0.2, -0.15) is 0 Å². The molecule has 54 valence electrons. The number of unbranched alkanes of at least 4 members (excludes halogenated alkanes) is 1. The van der Waals surface area contributed by atoms with Crippen LogP contribution in [0.2, 0.25) is 0 Å². The van der Waals surface area contributed by atoms with E-state index >= 15 is 0 Å². The Kier molecular flexibility index (Phi) is 5.88. The second kappa shape index (κ2) is 5.98. The van der Waals surface area contributed by atoms with Crippen LogP contribution in [-0.4, -0.2) is 18.1 Å². The summed E-state index contributed by atoms with van der Waals surface area (Å²) >= 11 is 4.66. The van der Waals surface area contributed by atoms with Crippen molar-refractivity contribution in [3.05, 3.63) is 0 Å². The van der Waals surface area contributed by atoms with E-state index in [1.165, 1.54) is 12.8 Å². The summed E-state index contributed by atoms with van der Waals surface area (Å²) in [7, 11) is 0. The molecule has 0 heterocycles. The molecule has 0 amide bonds. The number of hydrogen-bond donors (Lipinski definition) is 2. The van der Waals surface area contributed by atoms with Gasteiger partial charge in [0.15, 0.2) is 0 Å². The number of nitrogens with two attached hydrogens (primary N) is 1. The average molecular weight is 146 g/mol. The standard InChI is InChI=1S/C6H14N2S/c1-2-3-4-8-5-6(7)9/h8H,2-5H2,1H3,(H2,7,9). The van der Waals surface area contributed by atoms with Gasteiger partial charge in [-0.1, -0.05) is 25.6 Å². The summed E-state index contributed by atoms with van der Waals surface area (Å²) in [5, 5.41) is 3.12. The molecule has 0 bridgehead atoms. The van der Waals surface area contributed by atoms with Crippen molar-refractivity contribution >= 4 is 17.2 Å². The van der Waals surface area contributed by atoms with Crippen LogP contribution in [-0.2, 0) is 0 Å². The van der Waals surface area contributed by atoms with Gasteiger partial charge >= 0.3 is 0 Å². The highest BCUT2D eigenvalue weighted by molar-refractivity contribution is 7.80. The molecule has 9 heavy (non-hydrogen) atoms. The van der Waals surface area contributed by atoms with Gasteiger partial charge in [-0.3, -0.25) is 0 Å². The summed E-state index contributed by atoms with van der Waals surface area (Å²) in [6.45, 7) is 3.85. The molecule has 3 N–H and O–H groups in total. The Morgan fingerprint density at radius 2 is 2.33 bits per heavy atom. The van der Waals surface area contributed by atoms with Crippen molar-refractivity contribution in [1.82, 2.24) is 5.32 Å². The minimum atomic E-state index is 0.547. The summed E-state index contributed by atoms with van der Waals surface area (Å²) < 4.78 is 0. The van der Waals surface area contributed by atoms with Crippen molar-refractivity contribution in [2.24, 2.45) is 5.73 Å². The molecule has 0 atom stereocenters. The van der Waals surface area contributed by atoms with Gasteiger partial charge in [0.05, 0.1) is 4.99 Å². The summed E-state index contributed by atoms with van der Waals surface area (Å²) in [6, 6.07) is 0. The minimum absolute atomic E-state index is 0.547. The zero-order valence-electron chi connectivity index (χ0n) is 5.81. The van der Waals surface area contributed by atoms with Crippen molar-refractivity contribution in [3.63, 3.8) is 0 Å². The Balaban J connectivity index is 2.83. The first kappa shape index (κ1) is 8.85. The highest BCUT2D eigenvalue weighted by Gasteiger charge is 1.86. The van der Waals surface area contributed by atoms with Crippen molar-refractivity contribution in [1.29, 1.82) is 0 Å². The predicted molar refractivity (Wildman–Crippen MR) is 44.6 cm³/mol. The van der Waals surface area contributed by atoms with Gasteiger partial charge < -0.3 is 11.1 Å². The van der Waals surface area contributed by atoms with Gasteiger partial charge in [0, 0.05) is 6.54 Å². The topological polar surface area (TPSA) is 38.0 Å². The maximum atomic E-state index is 5.24. The van der Waals surface area contributed by atoms with Gasteiger partial charge in [-0.05, 0) is 13.0 Å². The van der Waals surface area contributed by atoms with Crippen LogP contribution in [0.5, 0.6) is 0 Å². The molecule has 0 aromatic carbocycles. The zero-order chi connectivity index (χ0) is 7.11. The van der Waals surface area contributed by atoms with E-state index in [-0.39, 0.29) is 0 Å². The van der Waals surface area contributed by atoms with Crippen LogP contribution in [0, 0.1) is 0 Å². The molecule has 0 saturated carbocycles. The highest BCUT2D eigenvalue weighted by atomic mass is 32.1. The van der Waals surface area contributed by atoms with Crippen LogP contribution in [0.15, 0.2) is 0 Å². The molecule has 3 heteroatoms. The zero-order valence-corrected chi connectivity index (χ0v) is 6.63. The van der Waals surface area contributed by atoms with Crippen LogP contribution in [0.25, 0.3) is 0 Å². The lowest BCUT2D eigenvalue weighted by Crippen LogP contribution is -2.27. The first-order valence-corrected chi connectivity index (χ1v) is 3.67. The van der Waals surface area contributed by atoms with E-state index in [9.17, 15) is 0 Å². The minimum Gasteiger partial charge on any atom is -0.392 e. The molecule has 0 aliphatic rings. The van der Waals surface area contributed by atoms with E-state index in [1.54, 1.807) is 0 Å². The van der Waals surface area contributed by atoms with Crippen molar-refractivity contribution < 1.29 is 0 Å². The SMILES string of the molecule is CCCCNCC(N)=S. The van der Waals surface area contributed by atoms with E-state index in [0.717, 1.165) is 6.54 Å². The lowest BCUT2D eigenvalue weighted by Gasteiger charge is -1.99. The molecule has 0 aromatic rings. The molecule has 0 saturated heterocycles. The molecule has 0 aromatic heterocycles. The third-order valence-corrected chi connectivity index (χ3v) is 1.15. The Hall–Kier alpha value is -0.150. The third kappa shape index (κ3) is 7.85. The molecular weight excluding hydrogens is 132 g/mol. The van der Waals surface area contributed by atoms with Gasteiger partial charge in [0.2, 0.25) is 0 Å². The van der Waals surface area contributed by atoms with Crippen molar-refractivity contribution in [3.8, 4) is 0 Å². The molecule has 0 spiro atoms. The van der Waals surface area contributed by atoms with Crippen LogP contribution in [0.3, 0.4) is 0 Å². The fourth-order valence-corrected chi connectivity index (χ4v) is 0.615. The second-order valence-corrected chi connectivity index (χ2v) is 2.52. The molecule has 0 radical (unpaired) electrons. The molecule has 0 aliphatic carbocycles. The van der Waals surface area contributed by atoms with E-state index in [0.29, 0.717) is 11.5 Å². The quantitative estimate of drug-likeness (QED) is 0.442. The summed E-state index contributed by atoms with van der Waals surface area (Å²) in [6.07, 6.45) is 2.41. The van der Waals surface area contributed by atoms with E-state index in [1.807, 2.05) is 0 Å². The Labute approximate surface area is 61.8 Å².